The van der Waals surface area contributed by atoms with Gasteiger partial charge in [-0.3, -0.25) is 0 Å². The van der Waals surface area contributed by atoms with Crippen molar-refractivity contribution in [1.29, 1.82) is 1.43 Å². The molecule has 0 saturated heterocycles. The molecule has 0 fully saturated rings. The first-order chi connectivity index (χ1) is 13.0. The van der Waals surface area contributed by atoms with Crippen molar-refractivity contribution >= 4 is 29.2 Å². The van der Waals surface area contributed by atoms with Crippen LogP contribution in [0.1, 0.15) is 16.1 Å². The van der Waals surface area contributed by atoms with Crippen LogP contribution in [0.15, 0.2) is 42.5 Å². The lowest BCUT2D eigenvalue weighted by atomic mass is 10.1. The largest absolute Gasteiger partial charge is 0.497 e. The number of carboxylic acids is 1. The molecule has 0 bridgehead atoms. The molecule has 3 aromatic rings. The number of ether oxygens (including phenoxy) is 1. The van der Waals surface area contributed by atoms with Gasteiger partial charge in [0, 0.05) is 16.1 Å². The van der Waals surface area contributed by atoms with Crippen LogP contribution < -0.4 is 4.74 Å². The molecule has 2 N–H and O–H groups in total. The average molecular weight is 394 g/mol. The minimum Gasteiger partial charge on any atom is -0.497 e. The maximum absolute atomic E-state index is 12.0. The maximum atomic E-state index is 12.0. The van der Waals surface area contributed by atoms with Crippen LogP contribution >= 0.6 is 23.2 Å². The van der Waals surface area contributed by atoms with E-state index in [1.807, 2.05) is 0 Å². The maximum Gasteiger partial charge on any atom is 0.356 e. The zero-order chi connectivity index (χ0) is 19.6. The Kier molecular flexibility index (Phi) is 4.79. The van der Waals surface area contributed by atoms with E-state index in [2.05, 4.69) is 10.2 Å². The molecule has 1 aromatic heterocycles. The van der Waals surface area contributed by atoms with Gasteiger partial charge in [-0.05, 0) is 42.5 Å². The number of aromatic carboxylic acids is 1. The van der Waals surface area contributed by atoms with Crippen LogP contribution in [-0.4, -0.2) is 33.1 Å². The van der Waals surface area contributed by atoms with Crippen molar-refractivity contribution < 1.29 is 19.7 Å². The molecule has 134 valence electrons. The Morgan fingerprint density at radius 3 is 2.58 bits per heavy atom. The van der Waals surface area contributed by atoms with Crippen LogP contribution in [0.25, 0.3) is 18.4 Å². The van der Waals surface area contributed by atoms with Crippen molar-refractivity contribution in [2.75, 3.05) is 7.11 Å². The number of halogens is 2. The fraction of sp³-hybridized carbons (Fsp3) is 0.111. The third kappa shape index (κ3) is 3.26. The molecule has 6 nitrogen and oxygen atoms in total. The zero-order valence-corrected chi connectivity index (χ0v) is 15.1. The van der Waals surface area contributed by atoms with E-state index in [0.29, 0.717) is 32.7 Å². The number of hydrogen-bond acceptors (Lipinski definition) is 5. The molecule has 0 aliphatic carbocycles. The first-order valence-electron chi connectivity index (χ1n) is 7.91. The predicted molar refractivity (Wildman–Crippen MR) is 98.5 cm³/mol. The summed E-state index contributed by atoms with van der Waals surface area (Å²) in [5.41, 5.74) is 1.57. The van der Waals surface area contributed by atoms with Crippen LogP contribution in [0, 0.1) is 0 Å². The first kappa shape index (κ1) is 16.9. The summed E-state index contributed by atoms with van der Waals surface area (Å²) >= 11 is 12.3. The summed E-state index contributed by atoms with van der Waals surface area (Å²) in [7, 11) is 1.55. The van der Waals surface area contributed by atoms with E-state index in [-0.39, 0.29) is 11.3 Å². The normalized spacial score (nSPS) is 11.2. The Balaban J connectivity index is 2.30. The second-order valence-corrected chi connectivity index (χ2v) is 6.20. The van der Waals surface area contributed by atoms with Gasteiger partial charge in [0.15, 0.2) is 5.69 Å². The number of nitrogens with zero attached hydrogens (tertiary/aromatic N) is 2. The molecular formula is C18H14Cl2N2O4. The Hall–Kier alpha value is -2.54. The van der Waals surface area contributed by atoms with E-state index in [1.165, 1.54) is 4.68 Å². The Labute approximate surface area is 160 Å². The quantitative estimate of drug-likeness (QED) is 0.682. The summed E-state index contributed by atoms with van der Waals surface area (Å²) in [6.07, 6.45) is 0. The van der Waals surface area contributed by atoms with Crippen molar-refractivity contribution in [2.45, 2.75) is 6.61 Å². The number of aliphatic hydroxyl groups is 1. The summed E-state index contributed by atoms with van der Waals surface area (Å²) in [6, 6.07) is 11.8. The number of benzene rings is 2. The highest BCUT2D eigenvalue weighted by Crippen LogP contribution is 2.33. The lowest BCUT2D eigenvalue weighted by Gasteiger charge is -2.11. The Bertz CT molecular complexity index is 990. The molecule has 0 radical (unpaired) electrons. The third-order valence-corrected chi connectivity index (χ3v) is 4.37. The van der Waals surface area contributed by atoms with Gasteiger partial charge in [-0.15, -0.1) is 0 Å². The average Bonchev–Trinajstić information content (AvgIpc) is 3.06. The zero-order valence-electron chi connectivity index (χ0n) is 14.6. The molecule has 0 saturated carbocycles. The predicted octanol–water partition coefficient (Wildman–Crippen LogP) is 4.05. The fourth-order valence-electron chi connectivity index (χ4n) is 2.64. The monoisotopic (exact) mass is 393 g/mol. The highest BCUT2D eigenvalue weighted by molar-refractivity contribution is 6.35. The van der Waals surface area contributed by atoms with Crippen molar-refractivity contribution in [3.05, 3.63) is 63.8 Å². The highest BCUT2D eigenvalue weighted by atomic mass is 35.5. The molecule has 8 heteroatoms. The van der Waals surface area contributed by atoms with E-state index < -0.39 is 12.6 Å². The van der Waals surface area contributed by atoms with Crippen LogP contribution in [-0.2, 0) is 6.61 Å². The Morgan fingerprint density at radius 2 is 2.00 bits per heavy atom. The van der Waals surface area contributed by atoms with Crippen LogP contribution in [0.4, 0.5) is 0 Å². The van der Waals surface area contributed by atoms with Crippen molar-refractivity contribution in [3.8, 4) is 22.7 Å². The smallest absolute Gasteiger partial charge is 0.356 e. The van der Waals surface area contributed by atoms with Crippen molar-refractivity contribution in [1.82, 2.24) is 9.78 Å². The van der Waals surface area contributed by atoms with Gasteiger partial charge in [-0.1, -0.05) is 23.2 Å². The van der Waals surface area contributed by atoms with E-state index >= 15 is 0 Å². The molecule has 3 rings (SSSR count). The topological polar surface area (TPSA) is 84.6 Å². The fourth-order valence-corrected chi connectivity index (χ4v) is 3.13. The molecule has 0 unspecified atom stereocenters. The van der Waals surface area contributed by atoms with Crippen LogP contribution in [0.2, 0.25) is 10.0 Å². The molecule has 26 heavy (non-hydrogen) atoms. The lowest BCUT2D eigenvalue weighted by Crippen LogP contribution is -2.03. The van der Waals surface area contributed by atoms with Gasteiger partial charge in [-0.25, -0.2) is 9.48 Å². The molecule has 0 aliphatic rings. The number of aliphatic hydroxyl groups excluding tert-OH is 1. The number of hydrogen-bond donors (Lipinski definition) is 2. The van der Waals surface area contributed by atoms with E-state index in [1.54, 1.807) is 49.6 Å². The van der Waals surface area contributed by atoms with Crippen molar-refractivity contribution in [3.63, 3.8) is 0 Å². The molecule has 2 aromatic carbocycles. The van der Waals surface area contributed by atoms with Gasteiger partial charge in [-0.2, -0.15) is 5.10 Å². The third-order valence-electron chi connectivity index (χ3n) is 3.84. The minimum absolute atomic E-state index is 0.177. The van der Waals surface area contributed by atoms with E-state index in [4.69, 9.17) is 29.4 Å². The number of rotatable bonds is 5. The standard InChI is InChI=1S/C18H14Cl2N2O4/c1-26-12-5-2-10(3-6-12)17-13(9-23)16(18(24)25)21-22(17)15-7-4-11(19)8-14(15)20/h2-8,23H,9H2,1H3,(H,24,25)/i/hD. The minimum atomic E-state index is -0.988. The summed E-state index contributed by atoms with van der Waals surface area (Å²) in [5, 5.41) is 18.9. The second kappa shape index (κ2) is 7.37. The van der Waals surface area contributed by atoms with Gasteiger partial charge in [0.25, 0.3) is 1.43 Å². The summed E-state index contributed by atoms with van der Waals surface area (Å²) < 4.78 is 13.5. The highest BCUT2D eigenvalue weighted by Gasteiger charge is 2.25. The molecule has 0 amide bonds. The number of aromatic nitrogens is 2. The van der Waals surface area contributed by atoms with Gasteiger partial charge < -0.3 is 15.0 Å². The Morgan fingerprint density at radius 1 is 1.27 bits per heavy atom. The second-order valence-electron chi connectivity index (χ2n) is 5.36. The number of methoxy groups -OCH3 is 1. The molecule has 0 spiro atoms. The number of carboxylic acid groups (broad SMARTS) is 1. The summed E-state index contributed by atoms with van der Waals surface area (Å²) in [4.78, 5) is 12.0. The van der Waals surface area contributed by atoms with Crippen molar-refractivity contribution in [2.24, 2.45) is 0 Å². The molecular weight excluding hydrogens is 379 g/mol. The molecule has 0 aliphatic heterocycles. The number of carbonyl (C=O) groups is 1. The summed E-state index contributed by atoms with van der Waals surface area (Å²) in [5.74, 6) is -0.344. The van der Waals surface area contributed by atoms with Gasteiger partial charge in [0.05, 0.1) is 30.1 Å². The van der Waals surface area contributed by atoms with Gasteiger partial charge >= 0.3 is 5.97 Å². The van der Waals surface area contributed by atoms with E-state index in [0.717, 1.165) is 0 Å². The van der Waals surface area contributed by atoms with Gasteiger partial charge in [0.2, 0.25) is 0 Å². The van der Waals surface area contributed by atoms with Crippen LogP contribution in [0.5, 0.6) is 5.75 Å². The molecule has 1 heterocycles. The molecule has 0 atom stereocenters. The SMILES string of the molecule is [2H]OC(=O)c1nn(-c2ccc(Cl)cc2Cl)c(-c2ccc(OC)cc2)c1CO. The van der Waals surface area contributed by atoms with Gasteiger partial charge in [0.1, 0.15) is 5.75 Å². The van der Waals surface area contributed by atoms with Crippen LogP contribution in [0.3, 0.4) is 0 Å². The van der Waals surface area contributed by atoms with E-state index in [9.17, 15) is 9.90 Å². The lowest BCUT2D eigenvalue weighted by molar-refractivity contribution is 0.0686. The summed E-state index contributed by atoms with van der Waals surface area (Å²) in [6.45, 7) is -0.489. The first-order valence-corrected chi connectivity index (χ1v) is 8.25.